The van der Waals surface area contributed by atoms with Gasteiger partial charge in [0.15, 0.2) is 0 Å². The van der Waals surface area contributed by atoms with Gasteiger partial charge in [-0.05, 0) is 62.1 Å². The lowest BCUT2D eigenvalue weighted by Crippen LogP contribution is -2.51. The summed E-state index contributed by atoms with van der Waals surface area (Å²) in [5.41, 5.74) is 0.870. The predicted molar refractivity (Wildman–Crippen MR) is 106 cm³/mol. The van der Waals surface area contributed by atoms with Crippen molar-refractivity contribution in [3.63, 3.8) is 0 Å². The van der Waals surface area contributed by atoms with Crippen LogP contribution in [0.1, 0.15) is 38.2 Å². The number of hydrogen-bond donors (Lipinski definition) is 1. The predicted octanol–water partition coefficient (Wildman–Crippen LogP) is 2.76. The molecule has 1 aromatic rings. The van der Waals surface area contributed by atoms with Crippen molar-refractivity contribution < 1.29 is 9.18 Å². The molecule has 6 heteroatoms. The molecule has 1 saturated heterocycles. The molecule has 5 nitrogen and oxygen atoms in total. The molecule has 3 fully saturated rings. The number of piperazine rings is 1. The molecule has 1 aromatic carbocycles. The summed E-state index contributed by atoms with van der Waals surface area (Å²) in [4.78, 5) is 16.6. The maximum Gasteiger partial charge on any atom is 0.234 e. The first-order chi connectivity index (χ1) is 13.5. The van der Waals surface area contributed by atoms with Crippen LogP contribution in [0.25, 0.3) is 0 Å². The van der Waals surface area contributed by atoms with Crippen LogP contribution in [-0.2, 0) is 4.79 Å². The number of fused-ring (bicyclic) bond motifs is 2. The molecule has 1 N–H and O–H groups in total. The van der Waals surface area contributed by atoms with Crippen molar-refractivity contribution in [1.82, 2.24) is 10.2 Å². The Morgan fingerprint density at radius 2 is 2.07 bits per heavy atom. The van der Waals surface area contributed by atoms with E-state index >= 15 is 0 Å². The summed E-state index contributed by atoms with van der Waals surface area (Å²) >= 11 is 0. The number of halogens is 1. The highest BCUT2D eigenvalue weighted by Gasteiger charge is 2.42. The first-order valence-electron chi connectivity index (χ1n) is 10.5. The summed E-state index contributed by atoms with van der Waals surface area (Å²) in [6.45, 7) is 5.39. The summed E-state index contributed by atoms with van der Waals surface area (Å²) < 4.78 is 14.2. The second-order valence-corrected chi connectivity index (χ2v) is 8.74. The smallest absolute Gasteiger partial charge is 0.234 e. The van der Waals surface area contributed by atoms with E-state index in [0.717, 1.165) is 24.9 Å². The van der Waals surface area contributed by atoms with Gasteiger partial charge in [0.25, 0.3) is 0 Å². The zero-order chi connectivity index (χ0) is 19.7. The lowest BCUT2D eigenvalue weighted by Gasteiger charge is -2.36. The number of nitrogens with zero attached hydrogens (tertiary/aromatic N) is 3. The number of amides is 1. The van der Waals surface area contributed by atoms with E-state index in [0.29, 0.717) is 36.8 Å². The molecule has 28 heavy (non-hydrogen) atoms. The molecule has 2 saturated carbocycles. The van der Waals surface area contributed by atoms with Gasteiger partial charge in [-0.3, -0.25) is 9.69 Å². The average molecular weight is 384 g/mol. The SMILES string of the molecule is CC(NC(=O)CN1CCN(c2ccc(C#N)cc2F)CC1)C1CC2CCC1C2. The Morgan fingerprint density at radius 3 is 2.68 bits per heavy atom. The highest BCUT2D eigenvalue weighted by Crippen LogP contribution is 2.49. The fourth-order valence-electron chi connectivity index (χ4n) is 5.50. The average Bonchev–Trinajstić information content (AvgIpc) is 3.32. The van der Waals surface area contributed by atoms with Crippen LogP contribution in [0.15, 0.2) is 18.2 Å². The van der Waals surface area contributed by atoms with Gasteiger partial charge in [-0.25, -0.2) is 4.39 Å². The molecule has 0 aromatic heterocycles. The van der Waals surface area contributed by atoms with E-state index < -0.39 is 0 Å². The first kappa shape index (κ1) is 19.2. The van der Waals surface area contributed by atoms with E-state index in [2.05, 4.69) is 17.1 Å². The number of carbonyl (C=O) groups is 1. The first-order valence-corrected chi connectivity index (χ1v) is 10.5. The number of benzene rings is 1. The number of nitrogens with one attached hydrogen (secondary N) is 1. The minimum atomic E-state index is -0.357. The zero-order valence-corrected chi connectivity index (χ0v) is 16.5. The molecule has 0 spiro atoms. The zero-order valence-electron chi connectivity index (χ0n) is 16.5. The lowest BCUT2D eigenvalue weighted by atomic mass is 9.84. The number of rotatable bonds is 5. The third kappa shape index (κ3) is 4.00. The maximum absolute atomic E-state index is 14.2. The maximum atomic E-state index is 14.2. The van der Waals surface area contributed by atoms with Gasteiger partial charge in [-0.1, -0.05) is 6.42 Å². The topological polar surface area (TPSA) is 59.4 Å². The summed E-state index contributed by atoms with van der Waals surface area (Å²) in [5.74, 6) is 2.10. The van der Waals surface area contributed by atoms with E-state index in [-0.39, 0.29) is 17.8 Å². The molecule has 1 heterocycles. The van der Waals surface area contributed by atoms with Gasteiger partial charge < -0.3 is 10.2 Å². The molecule has 1 aliphatic heterocycles. The lowest BCUT2D eigenvalue weighted by molar-refractivity contribution is -0.123. The van der Waals surface area contributed by atoms with Gasteiger partial charge >= 0.3 is 0 Å². The van der Waals surface area contributed by atoms with Crippen LogP contribution in [0.5, 0.6) is 0 Å². The molecular formula is C22H29FN4O. The van der Waals surface area contributed by atoms with E-state index in [1.165, 1.54) is 31.7 Å². The molecule has 1 amide bonds. The third-order valence-corrected chi connectivity index (χ3v) is 6.98. The summed E-state index contributed by atoms with van der Waals surface area (Å²) in [5, 5.41) is 12.1. The number of nitriles is 1. The van der Waals surface area contributed by atoms with E-state index in [1.807, 2.05) is 11.0 Å². The summed E-state index contributed by atoms with van der Waals surface area (Å²) in [7, 11) is 0. The molecule has 2 bridgehead atoms. The van der Waals surface area contributed by atoms with Crippen molar-refractivity contribution in [2.24, 2.45) is 17.8 Å². The van der Waals surface area contributed by atoms with E-state index in [4.69, 9.17) is 5.26 Å². The van der Waals surface area contributed by atoms with Crippen LogP contribution in [0.4, 0.5) is 10.1 Å². The van der Waals surface area contributed by atoms with Crippen molar-refractivity contribution in [3.05, 3.63) is 29.6 Å². The second kappa shape index (κ2) is 8.08. The fraction of sp³-hybridized carbons (Fsp3) is 0.636. The summed E-state index contributed by atoms with van der Waals surface area (Å²) in [6.07, 6.45) is 5.36. The standard InChI is InChI=1S/C22H29FN4O/c1-15(19-11-16-2-4-18(19)10-16)25-22(28)14-26-6-8-27(9-7-26)21-5-3-17(13-24)12-20(21)23/h3,5,12,15-16,18-19H,2,4,6-11,14H2,1H3,(H,25,28). The van der Waals surface area contributed by atoms with Gasteiger partial charge in [0.2, 0.25) is 5.91 Å². The van der Waals surface area contributed by atoms with E-state index in [1.54, 1.807) is 12.1 Å². The van der Waals surface area contributed by atoms with Gasteiger partial charge in [0, 0.05) is 32.2 Å². The van der Waals surface area contributed by atoms with Crippen molar-refractivity contribution >= 4 is 11.6 Å². The normalized spacial score (nSPS) is 28.2. The number of carbonyl (C=O) groups excluding carboxylic acids is 1. The Hall–Kier alpha value is -2.13. The Bertz CT molecular complexity index is 768. The van der Waals surface area contributed by atoms with Crippen molar-refractivity contribution in [2.45, 2.75) is 38.6 Å². The molecule has 4 rings (SSSR count). The van der Waals surface area contributed by atoms with E-state index in [9.17, 15) is 9.18 Å². The molecular weight excluding hydrogens is 355 g/mol. The van der Waals surface area contributed by atoms with Crippen LogP contribution in [0, 0.1) is 34.9 Å². The quantitative estimate of drug-likeness (QED) is 0.848. The third-order valence-electron chi connectivity index (χ3n) is 6.98. The number of anilines is 1. The Balaban J connectivity index is 1.24. The highest BCUT2D eigenvalue weighted by atomic mass is 19.1. The van der Waals surface area contributed by atoms with Crippen LogP contribution in [0.3, 0.4) is 0 Å². The van der Waals surface area contributed by atoms with Gasteiger partial charge in [0.05, 0.1) is 23.9 Å². The van der Waals surface area contributed by atoms with Crippen LogP contribution in [0.2, 0.25) is 0 Å². The Kier molecular flexibility index (Phi) is 5.54. The Morgan fingerprint density at radius 1 is 1.29 bits per heavy atom. The molecule has 4 unspecified atom stereocenters. The van der Waals surface area contributed by atoms with Gasteiger partial charge in [-0.2, -0.15) is 5.26 Å². The molecule has 2 aliphatic carbocycles. The largest absolute Gasteiger partial charge is 0.367 e. The monoisotopic (exact) mass is 384 g/mol. The van der Waals surface area contributed by atoms with Crippen LogP contribution in [-0.4, -0.2) is 49.6 Å². The molecule has 0 radical (unpaired) electrons. The molecule has 3 aliphatic rings. The van der Waals surface area contributed by atoms with Gasteiger partial charge in [-0.15, -0.1) is 0 Å². The summed E-state index contributed by atoms with van der Waals surface area (Å²) in [6, 6.07) is 6.83. The minimum absolute atomic E-state index is 0.105. The van der Waals surface area contributed by atoms with Crippen molar-refractivity contribution in [1.29, 1.82) is 5.26 Å². The second-order valence-electron chi connectivity index (χ2n) is 8.74. The van der Waals surface area contributed by atoms with Crippen molar-refractivity contribution in [2.75, 3.05) is 37.6 Å². The van der Waals surface area contributed by atoms with Crippen LogP contribution >= 0.6 is 0 Å². The van der Waals surface area contributed by atoms with Crippen molar-refractivity contribution in [3.8, 4) is 6.07 Å². The molecule has 150 valence electrons. The van der Waals surface area contributed by atoms with Crippen LogP contribution < -0.4 is 10.2 Å². The highest BCUT2D eigenvalue weighted by molar-refractivity contribution is 5.78. The fourth-order valence-corrected chi connectivity index (χ4v) is 5.50. The van der Waals surface area contributed by atoms with Gasteiger partial charge in [0.1, 0.15) is 5.82 Å². The Labute approximate surface area is 166 Å². The number of hydrogen-bond acceptors (Lipinski definition) is 4. The molecule has 4 atom stereocenters. The minimum Gasteiger partial charge on any atom is -0.367 e.